The van der Waals surface area contributed by atoms with Crippen molar-refractivity contribution in [3.05, 3.63) is 29.8 Å². The third kappa shape index (κ3) is 3.06. The van der Waals surface area contributed by atoms with Crippen LogP contribution in [0, 0.1) is 19.3 Å². The van der Waals surface area contributed by atoms with Crippen LogP contribution in [0.15, 0.2) is 18.5 Å². The van der Waals surface area contributed by atoms with E-state index in [4.69, 9.17) is 0 Å². The van der Waals surface area contributed by atoms with Crippen molar-refractivity contribution in [3.63, 3.8) is 0 Å². The number of aromatic nitrogens is 4. The topological polar surface area (TPSA) is 55.6 Å². The molecule has 0 amide bonds. The van der Waals surface area contributed by atoms with E-state index in [0.29, 0.717) is 5.41 Å². The highest BCUT2D eigenvalue weighted by atomic mass is 15.3. The fourth-order valence-electron chi connectivity index (χ4n) is 2.90. The molecule has 112 valence electrons. The van der Waals surface area contributed by atoms with Crippen molar-refractivity contribution in [1.29, 1.82) is 0 Å². The van der Waals surface area contributed by atoms with Crippen LogP contribution in [-0.2, 0) is 0 Å². The molecule has 1 aliphatic carbocycles. The molecule has 0 spiro atoms. The molecule has 2 aromatic heterocycles. The minimum absolute atomic E-state index is 0.505. The number of anilines is 1. The second-order valence-corrected chi connectivity index (χ2v) is 6.20. The molecule has 2 heterocycles. The Morgan fingerprint density at radius 2 is 2.10 bits per heavy atom. The van der Waals surface area contributed by atoms with Crippen LogP contribution in [0.2, 0.25) is 0 Å². The molecule has 1 N–H and O–H groups in total. The number of hydrogen-bond acceptors (Lipinski definition) is 4. The Morgan fingerprint density at radius 1 is 1.29 bits per heavy atom. The summed E-state index contributed by atoms with van der Waals surface area (Å²) >= 11 is 0. The maximum Gasteiger partial charge on any atom is 0.174 e. The van der Waals surface area contributed by atoms with Gasteiger partial charge in [0.25, 0.3) is 0 Å². The summed E-state index contributed by atoms with van der Waals surface area (Å²) in [5.41, 5.74) is 2.57. The molecule has 5 heteroatoms. The lowest BCUT2D eigenvalue weighted by Crippen LogP contribution is -2.16. The average Bonchev–Trinajstić information content (AvgIpc) is 3.15. The molecular weight excluding hydrogens is 262 g/mol. The summed E-state index contributed by atoms with van der Waals surface area (Å²) in [5.74, 6) is 1.60. The third-order valence-corrected chi connectivity index (χ3v) is 4.23. The number of nitrogens with zero attached hydrogens (tertiary/aromatic N) is 4. The van der Waals surface area contributed by atoms with Gasteiger partial charge in [0.2, 0.25) is 0 Å². The quantitative estimate of drug-likeness (QED) is 0.885. The van der Waals surface area contributed by atoms with E-state index in [9.17, 15) is 0 Å². The number of aryl methyl sites for hydroxylation is 2. The standard InChI is InChI=1S/C16H23N5/c1-4-5-16(6-7-16)11-18-14-9-17-10-15(19-14)21-13(3)8-12(2)20-21/h8-10H,4-7,11H2,1-3H3,(H,18,19). The van der Waals surface area contributed by atoms with Gasteiger partial charge in [0.05, 0.1) is 18.1 Å². The summed E-state index contributed by atoms with van der Waals surface area (Å²) in [6.07, 6.45) is 8.75. The Morgan fingerprint density at radius 3 is 2.71 bits per heavy atom. The summed E-state index contributed by atoms with van der Waals surface area (Å²) in [5, 5.41) is 7.91. The van der Waals surface area contributed by atoms with Gasteiger partial charge in [-0.05, 0) is 44.6 Å². The van der Waals surface area contributed by atoms with Crippen LogP contribution in [0.25, 0.3) is 5.82 Å². The van der Waals surface area contributed by atoms with E-state index in [1.165, 1.54) is 25.7 Å². The Bertz CT molecular complexity index is 627. The molecule has 1 fully saturated rings. The SMILES string of the molecule is CCCC1(CNc2cncc(-n3nc(C)cc3C)n2)CC1. The highest BCUT2D eigenvalue weighted by Crippen LogP contribution is 2.49. The predicted molar refractivity (Wildman–Crippen MR) is 83.7 cm³/mol. The normalized spacial score (nSPS) is 16.0. The Kier molecular flexibility index (Phi) is 3.66. The molecule has 3 rings (SSSR count). The van der Waals surface area contributed by atoms with Gasteiger partial charge in [-0.25, -0.2) is 9.67 Å². The molecule has 0 saturated heterocycles. The molecule has 21 heavy (non-hydrogen) atoms. The first-order valence-electron chi connectivity index (χ1n) is 7.71. The van der Waals surface area contributed by atoms with Crippen molar-refractivity contribution in [2.75, 3.05) is 11.9 Å². The Hall–Kier alpha value is -1.91. The van der Waals surface area contributed by atoms with Crippen LogP contribution in [0.5, 0.6) is 0 Å². The van der Waals surface area contributed by atoms with E-state index in [2.05, 4.69) is 27.3 Å². The number of hydrogen-bond donors (Lipinski definition) is 1. The van der Waals surface area contributed by atoms with E-state index >= 15 is 0 Å². The van der Waals surface area contributed by atoms with Crippen molar-refractivity contribution in [2.45, 2.75) is 46.5 Å². The van der Waals surface area contributed by atoms with Crippen LogP contribution in [0.1, 0.15) is 44.0 Å². The maximum absolute atomic E-state index is 4.63. The number of rotatable bonds is 6. The summed E-state index contributed by atoms with van der Waals surface area (Å²) in [6.45, 7) is 7.27. The van der Waals surface area contributed by atoms with Crippen LogP contribution < -0.4 is 5.32 Å². The van der Waals surface area contributed by atoms with Gasteiger partial charge in [0.1, 0.15) is 5.82 Å². The van der Waals surface area contributed by atoms with Gasteiger partial charge < -0.3 is 5.32 Å². The molecule has 0 bridgehead atoms. The zero-order valence-corrected chi connectivity index (χ0v) is 13.1. The fourth-order valence-corrected chi connectivity index (χ4v) is 2.90. The van der Waals surface area contributed by atoms with Gasteiger partial charge in [0.15, 0.2) is 5.82 Å². The molecule has 5 nitrogen and oxygen atoms in total. The van der Waals surface area contributed by atoms with E-state index in [0.717, 1.165) is 29.6 Å². The maximum atomic E-state index is 4.63. The Labute approximate surface area is 125 Å². The highest BCUT2D eigenvalue weighted by molar-refractivity contribution is 5.37. The average molecular weight is 285 g/mol. The van der Waals surface area contributed by atoms with Crippen LogP contribution >= 0.6 is 0 Å². The number of nitrogens with one attached hydrogen (secondary N) is 1. The molecule has 1 saturated carbocycles. The van der Waals surface area contributed by atoms with Crippen LogP contribution in [0.3, 0.4) is 0 Å². The van der Waals surface area contributed by atoms with E-state index in [1.807, 2.05) is 24.6 Å². The van der Waals surface area contributed by atoms with Crippen molar-refractivity contribution >= 4 is 5.82 Å². The van der Waals surface area contributed by atoms with Gasteiger partial charge >= 0.3 is 0 Å². The molecule has 0 aromatic carbocycles. The van der Waals surface area contributed by atoms with Gasteiger partial charge in [-0.3, -0.25) is 4.98 Å². The summed E-state index contributed by atoms with van der Waals surface area (Å²) < 4.78 is 1.84. The predicted octanol–water partition coefficient (Wildman–Crippen LogP) is 3.27. The summed E-state index contributed by atoms with van der Waals surface area (Å²) in [4.78, 5) is 8.93. The first-order valence-corrected chi connectivity index (χ1v) is 7.71. The molecule has 0 unspecified atom stereocenters. The highest BCUT2D eigenvalue weighted by Gasteiger charge is 2.41. The van der Waals surface area contributed by atoms with Gasteiger partial charge in [0, 0.05) is 12.2 Å². The minimum Gasteiger partial charge on any atom is -0.368 e. The second kappa shape index (κ2) is 5.47. The lowest BCUT2D eigenvalue weighted by atomic mass is 10.0. The van der Waals surface area contributed by atoms with Gasteiger partial charge in [-0.2, -0.15) is 5.10 Å². The minimum atomic E-state index is 0.505. The summed E-state index contributed by atoms with van der Waals surface area (Å²) in [6, 6.07) is 2.04. The van der Waals surface area contributed by atoms with E-state index in [1.54, 1.807) is 12.4 Å². The van der Waals surface area contributed by atoms with Crippen LogP contribution in [-0.4, -0.2) is 26.3 Å². The molecule has 1 aliphatic rings. The van der Waals surface area contributed by atoms with Gasteiger partial charge in [-0.1, -0.05) is 13.3 Å². The smallest absolute Gasteiger partial charge is 0.174 e. The second-order valence-electron chi connectivity index (χ2n) is 6.20. The molecule has 0 radical (unpaired) electrons. The first kappa shape index (κ1) is 14.0. The van der Waals surface area contributed by atoms with E-state index < -0.39 is 0 Å². The molecule has 0 aliphatic heterocycles. The summed E-state index contributed by atoms with van der Waals surface area (Å²) in [7, 11) is 0. The van der Waals surface area contributed by atoms with Crippen molar-refractivity contribution < 1.29 is 0 Å². The largest absolute Gasteiger partial charge is 0.368 e. The zero-order valence-electron chi connectivity index (χ0n) is 13.1. The lowest BCUT2D eigenvalue weighted by molar-refractivity contribution is 0.485. The van der Waals surface area contributed by atoms with Gasteiger partial charge in [-0.15, -0.1) is 0 Å². The van der Waals surface area contributed by atoms with Crippen LogP contribution in [0.4, 0.5) is 5.82 Å². The zero-order chi connectivity index (χ0) is 14.9. The monoisotopic (exact) mass is 285 g/mol. The van der Waals surface area contributed by atoms with Crippen molar-refractivity contribution in [2.24, 2.45) is 5.41 Å². The van der Waals surface area contributed by atoms with E-state index in [-0.39, 0.29) is 0 Å². The van der Waals surface area contributed by atoms with Crippen molar-refractivity contribution in [1.82, 2.24) is 19.7 Å². The fraction of sp³-hybridized carbons (Fsp3) is 0.562. The molecule has 0 atom stereocenters. The molecule has 2 aromatic rings. The Balaban J connectivity index is 1.73. The van der Waals surface area contributed by atoms with Crippen molar-refractivity contribution in [3.8, 4) is 5.82 Å². The lowest BCUT2D eigenvalue weighted by Gasteiger charge is -2.15. The molecular formula is C16H23N5. The third-order valence-electron chi connectivity index (χ3n) is 4.23. The first-order chi connectivity index (χ1) is 10.1.